The van der Waals surface area contributed by atoms with Gasteiger partial charge >= 0.3 is 0 Å². The van der Waals surface area contributed by atoms with E-state index in [-0.39, 0.29) is 5.91 Å². The van der Waals surface area contributed by atoms with Crippen LogP contribution in [-0.2, 0) is 4.74 Å². The molecule has 0 saturated carbocycles. The fourth-order valence-electron chi connectivity index (χ4n) is 2.37. The van der Waals surface area contributed by atoms with Crippen LogP contribution in [0.3, 0.4) is 0 Å². The molecule has 0 aliphatic carbocycles. The predicted octanol–water partition coefficient (Wildman–Crippen LogP) is 1.34. The summed E-state index contributed by atoms with van der Waals surface area (Å²) in [6, 6.07) is 7.33. The first-order valence-corrected chi connectivity index (χ1v) is 7.88. The molecule has 4 nitrogen and oxygen atoms in total. The largest absolute Gasteiger partial charge is 0.370 e. The maximum atomic E-state index is 12.4. The second-order valence-electron chi connectivity index (χ2n) is 5.03. The number of morpholine rings is 1. The maximum Gasteiger partial charge on any atom is 0.262 e. The molecule has 1 aliphatic rings. The molecule has 1 aromatic rings. The van der Waals surface area contributed by atoms with Crippen LogP contribution in [-0.4, -0.2) is 42.2 Å². The number of nitrogens with one attached hydrogen (secondary N) is 2. The Morgan fingerprint density at radius 1 is 1.29 bits per heavy atom. The van der Waals surface area contributed by atoms with E-state index in [0.717, 1.165) is 10.5 Å². The molecule has 1 heterocycles. The molecule has 1 amide bonds. The van der Waals surface area contributed by atoms with Crippen LogP contribution in [0.2, 0.25) is 0 Å². The molecule has 116 valence electrons. The first kappa shape index (κ1) is 16.8. The van der Waals surface area contributed by atoms with E-state index in [4.69, 9.17) is 39.5 Å². The fourth-order valence-corrected chi connectivity index (χ4v) is 3.00. The smallest absolute Gasteiger partial charge is 0.262 e. The van der Waals surface area contributed by atoms with Crippen LogP contribution >= 0.6 is 34.8 Å². The highest BCUT2D eigenvalue weighted by Gasteiger charge is 2.42. The van der Waals surface area contributed by atoms with Gasteiger partial charge in [-0.25, -0.2) is 0 Å². The lowest BCUT2D eigenvalue weighted by Crippen LogP contribution is -3.21. The van der Waals surface area contributed by atoms with Gasteiger partial charge in [-0.1, -0.05) is 53.0 Å². The minimum atomic E-state index is -1.58. The van der Waals surface area contributed by atoms with Crippen molar-refractivity contribution in [3.05, 3.63) is 35.4 Å². The molecule has 1 atom stereocenters. The number of ether oxygens (including phenoxy) is 1. The van der Waals surface area contributed by atoms with Crippen molar-refractivity contribution >= 4 is 40.7 Å². The molecule has 0 radical (unpaired) electrons. The lowest BCUT2D eigenvalue weighted by Gasteiger charge is -2.35. The highest BCUT2D eigenvalue weighted by molar-refractivity contribution is 6.68. The Kier molecular flexibility index (Phi) is 5.74. The fraction of sp³-hybridized carbons (Fsp3) is 0.500. The molecule has 2 N–H and O–H groups in total. The van der Waals surface area contributed by atoms with E-state index >= 15 is 0 Å². The molecular weight excluding hydrogens is 335 g/mol. The summed E-state index contributed by atoms with van der Waals surface area (Å²) in [5, 5.41) is 2.86. The van der Waals surface area contributed by atoms with Crippen molar-refractivity contribution in [2.75, 3.05) is 26.3 Å². The van der Waals surface area contributed by atoms with Gasteiger partial charge in [0.25, 0.3) is 9.70 Å². The van der Waals surface area contributed by atoms with Crippen LogP contribution in [0.1, 0.15) is 15.9 Å². The molecule has 21 heavy (non-hydrogen) atoms. The second-order valence-corrected chi connectivity index (χ2v) is 7.40. The number of quaternary nitrogens is 1. The van der Waals surface area contributed by atoms with Gasteiger partial charge in [0.2, 0.25) is 6.17 Å². The van der Waals surface area contributed by atoms with E-state index in [1.165, 1.54) is 0 Å². The van der Waals surface area contributed by atoms with Crippen molar-refractivity contribution in [1.29, 1.82) is 0 Å². The predicted molar refractivity (Wildman–Crippen MR) is 84.2 cm³/mol. The van der Waals surface area contributed by atoms with Crippen LogP contribution < -0.4 is 10.2 Å². The molecular formula is C14H18Cl3N2O2+. The zero-order chi connectivity index (χ0) is 15.5. The van der Waals surface area contributed by atoms with Crippen LogP contribution in [0.5, 0.6) is 0 Å². The zero-order valence-electron chi connectivity index (χ0n) is 11.7. The highest BCUT2D eigenvalue weighted by atomic mass is 35.6. The number of halogens is 3. The number of hydrogen-bond acceptors (Lipinski definition) is 2. The quantitative estimate of drug-likeness (QED) is 0.806. The van der Waals surface area contributed by atoms with Gasteiger partial charge in [-0.3, -0.25) is 10.1 Å². The summed E-state index contributed by atoms with van der Waals surface area (Å²) in [7, 11) is 0. The standard InChI is InChI=1S/C14H17Cl3N2O2/c1-10-4-2-3-5-11(10)12(20)18-13(14(15,16)17)19-6-8-21-9-7-19/h2-5,13H,6-9H2,1H3,(H,18,20)/p+1. The van der Waals surface area contributed by atoms with Gasteiger partial charge in [-0.2, -0.15) is 0 Å². The minimum Gasteiger partial charge on any atom is -0.370 e. The van der Waals surface area contributed by atoms with Crippen molar-refractivity contribution in [2.45, 2.75) is 16.9 Å². The Morgan fingerprint density at radius 3 is 2.48 bits per heavy atom. The van der Waals surface area contributed by atoms with E-state index in [2.05, 4.69) is 5.32 Å². The Hall–Kier alpha value is -0.520. The first-order chi connectivity index (χ1) is 9.89. The normalized spacial score (nSPS) is 18.3. The van der Waals surface area contributed by atoms with Gasteiger partial charge in [0.05, 0.1) is 13.2 Å². The number of benzene rings is 1. The third-order valence-electron chi connectivity index (χ3n) is 3.54. The van der Waals surface area contributed by atoms with E-state index in [1.54, 1.807) is 6.07 Å². The van der Waals surface area contributed by atoms with Gasteiger partial charge in [-0.15, -0.1) is 0 Å². The average Bonchev–Trinajstić information content (AvgIpc) is 2.44. The van der Waals surface area contributed by atoms with Gasteiger partial charge < -0.3 is 9.64 Å². The van der Waals surface area contributed by atoms with Crippen LogP contribution in [0.25, 0.3) is 0 Å². The Bertz CT molecular complexity index is 499. The highest BCUT2D eigenvalue weighted by Crippen LogP contribution is 2.28. The van der Waals surface area contributed by atoms with Crippen LogP contribution in [0, 0.1) is 6.92 Å². The summed E-state index contributed by atoms with van der Waals surface area (Å²) >= 11 is 18.2. The summed E-state index contributed by atoms with van der Waals surface area (Å²) < 4.78 is 3.73. The van der Waals surface area contributed by atoms with Gasteiger partial charge in [0.15, 0.2) is 0 Å². The molecule has 7 heteroatoms. The van der Waals surface area contributed by atoms with Gasteiger partial charge in [0, 0.05) is 5.56 Å². The lowest BCUT2D eigenvalue weighted by atomic mass is 10.1. The van der Waals surface area contributed by atoms with E-state index in [9.17, 15) is 4.79 Å². The molecule has 0 spiro atoms. The maximum absolute atomic E-state index is 12.4. The summed E-state index contributed by atoms with van der Waals surface area (Å²) in [6.07, 6.45) is -0.612. The third-order valence-corrected chi connectivity index (χ3v) is 4.19. The van der Waals surface area contributed by atoms with Gasteiger partial charge in [0.1, 0.15) is 13.1 Å². The third kappa shape index (κ3) is 4.47. The van der Waals surface area contributed by atoms with Crippen molar-refractivity contribution in [1.82, 2.24) is 5.32 Å². The van der Waals surface area contributed by atoms with Crippen LogP contribution in [0.15, 0.2) is 24.3 Å². The topological polar surface area (TPSA) is 42.8 Å². The molecule has 1 unspecified atom stereocenters. The summed E-state index contributed by atoms with van der Waals surface area (Å²) in [5.74, 6) is -0.233. The number of hydrogen-bond donors (Lipinski definition) is 2. The molecule has 1 aliphatic heterocycles. The number of carbonyl (C=O) groups is 1. The van der Waals surface area contributed by atoms with Crippen LogP contribution in [0.4, 0.5) is 0 Å². The number of carbonyl (C=O) groups excluding carboxylic acids is 1. The van der Waals surface area contributed by atoms with Crippen molar-refractivity contribution in [3.63, 3.8) is 0 Å². The van der Waals surface area contributed by atoms with Crippen molar-refractivity contribution in [2.24, 2.45) is 0 Å². The van der Waals surface area contributed by atoms with E-state index in [0.29, 0.717) is 31.9 Å². The zero-order valence-corrected chi connectivity index (χ0v) is 13.9. The second kappa shape index (κ2) is 7.16. The van der Waals surface area contributed by atoms with E-state index in [1.807, 2.05) is 25.1 Å². The van der Waals surface area contributed by atoms with E-state index < -0.39 is 9.96 Å². The molecule has 1 saturated heterocycles. The first-order valence-electron chi connectivity index (χ1n) is 6.75. The summed E-state index contributed by atoms with van der Waals surface area (Å²) in [4.78, 5) is 13.4. The SMILES string of the molecule is Cc1ccccc1C(=O)NC([NH+]1CCOCC1)C(Cl)(Cl)Cl. The Morgan fingerprint density at radius 2 is 1.90 bits per heavy atom. The van der Waals surface area contributed by atoms with Crippen molar-refractivity contribution in [3.8, 4) is 0 Å². The molecule has 1 aromatic carbocycles. The number of aryl methyl sites for hydroxylation is 1. The summed E-state index contributed by atoms with van der Waals surface area (Å²) in [5.41, 5.74) is 1.47. The number of alkyl halides is 3. The lowest BCUT2D eigenvalue weighted by molar-refractivity contribution is -0.934. The number of rotatable bonds is 3. The molecule has 0 aromatic heterocycles. The molecule has 2 rings (SSSR count). The minimum absolute atomic E-state index is 0.233. The monoisotopic (exact) mass is 351 g/mol. The average molecular weight is 353 g/mol. The Labute approximate surface area is 139 Å². The van der Waals surface area contributed by atoms with Gasteiger partial charge in [-0.05, 0) is 18.6 Å². The molecule has 1 fully saturated rings. The Balaban J connectivity index is 2.15. The number of amides is 1. The molecule has 0 bridgehead atoms. The van der Waals surface area contributed by atoms with Crippen molar-refractivity contribution < 1.29 is 14.4 Å². The summed E-state index contributed by atoms with van der Waals surface area (Å²) in [6.45, 7) is 4.43.